The highest BCUT2D eigenvalue weighted by atomic mass is 32.2. The van der Waals surface area contributed by atoms with Gasteiger partial charge in [0.05, 0.1) is 49.3 Å². The maximum absolute atomic E-state index is 14.4. The second-order valence-electron chi connectivity index (χ2n) is 19.9. The van der Waals surface area contributed by atoms with E-state index in [-0.39, 0.29) is 49.7 Å². The zero-order valence-electron chi connectivity index (χ0n) is 41.0. The first-order valence-electron chi connectivity index (χ1n) is 24.1. The van der Waals surface area contributed by atoms with Gasteiger partial charge in [0.1, 0.15) is 42.0 Å². The topological polar surface area (TPSA) is 193 Å². The van der Waals surface area contributed by atoms with Crippen LogP contribution in [0.15, 0.2) is 59.3 Å². The molecule has 69 heavy (non-hydrogen) atoms. The van der Waals surface area contributed by atoms with E-state index in [0.29, 0.717) is 24.0 Å². The average Bonchev–Trinajstić information content (AvgIpc) is 3.63. The number of fused-ring (bicyclic) bond motifs is 2. The van der Waals surface area contributed by atoms with E-state index in [0.717, 1.165) is 12.0 Å². The number of esters is 1. The standard InChI is InChI=1S/C49H71F3O16S/c1-11-25(2)42-28(5)17-18-47(67-42)23-34-20-33(66-47)16-15-27(4)41(26(3)13-12-14-32-24-60-45-40(53)29(6)19-35(46(54)63-34)48(32,45)55)64-38-21-36(58-9)43(30(7)61-38)65-39-22-37(59-10)44(31(8)62-39)68-69(56,57)49(50,51)52/h12-15,17-19,25-26,28,30-31,33-45,53,55H,11,16,20-24H2,1-10H3/b13-12+,27-15+,32-14+/t25-,26?,28+,30+,31+,33-,34+,35+,36+,37+,38+,39+,40-,41+,42-,43+,44+,45-,47-,48-/m1/s1. The van der Waals surface area contributed by atoms with Crippen molar-refractivity contribution in [2.45, 2.75) is 197 Å². The smallest absolute Gasteiger partial charge is 0.462 e. The van der Waals surface area contributed by atoms with Gasteiger partial charge in [0.25, 0.3) is 0 Å². The molecule has 2 N–H and O–H groups in total. The molecule has 0 aromatic rings. The Kier molecular flexibility index (Phi) is 16.9. The van der Waals surface area contributed by atoms with Crippen molar-refractivity contribution in [3.05, 3.63) is 59.3 Å². The average molecular weight is 1010 g/mol. The third kappa shape index (κ3) is 11.3. The molecule has 4 saturated heterocycles. The number of ether oxygens (including phenoxy) is 10. The lowest BCUT2D eigenvalue weighted by atomic mass is 9.71. The van der Waals surface area contributed by atoms with Crippen LogP contribution >= 0.6 is 0 Å². The van der Waals surface area contributed by atoms with Gasteiger partial charge in [0.15, 0.2) is 18.4 Å². The molecule has 4 fully saturated rings. The summed E-state index contributed by atoms with van der Waals surface area (Å²) in [6, 6.07) is 0. The van der Waals surface area contributed by atoms with Gasteiger partial charge in [0.2, 0.25) is 0 Å². The maximum atomic E-state index is 14.4. The zero-order valence-corrected chi connectivity index (χ0v) is 41.9. The lowest BCUT2D eigenvalue weighted by molar-refractivity contribution is -0.317. The molecule has 6 heterocycles. The molecule has 20 atom stereocenters. The predicted octanol–water partition coefficient (Wildman–Crippen LogP) is 6.25. The summed E-state index contributed by atoms with van der Waals surface area (Å²) in [4.78, 5) is 14.4. The lowest BCUT2D eigenvalue weighted by Crippen LogP contribution is -2.58. The molecule has 0 aromatic heterocycles. The van der Waals surface area contributed by atoms with Gasteiger partial charge in [-0.1, -0.05) is 70.6 Å². The number of hydrogen-bond donors (Lipinski definition) is 2. The summed E-state index contributed by atoms with van der Waals surface area (Å²) < 4.78 is 131. The predicted molar refractivity (Wildman–Crippen MR) is 241 cm³/mol. The van der Waals surface area contributed by atoms with Crippen molar-refractivity contribution in [2.24, 2.45) is 23.7 Å². The quantitative estimate of drug-likeness (QED) is 0.108. The van der Waals surface area contributed by atoms with Gasteiger partial charge in [-0.05, 0) is 62.8 Å². The van der Waals surface area contributed by atoms with E-state index < -0.39 is 119 Å². The van der Waals surface area contributed by atoms with Crippen molar-refractivity contribution in [2.75, 3.05) is 20.8 Å². The summed E-state index contributed by atoms with van der Waals surface area (Å²) in [5, 5.41) is 23.7. The summed E-state index contributed by atoms with van der Waals surface area (Å²) in [5.41, 5.74) is -5.77. The minimum absolute atomic E-state index is 0.0301. The molecule has 16 nitrogen and oxygen atoms in total. The Morgan fingerprint density at radius 2 is 1.55 bits per heavy atom. The molecule has 7 aliphatic rings. The third-order valence-electron chi connectivity index (χ3n) is 15.0. The second-order valence-corrected chi connectivity index (χ2v) is 21.5. The van der Waals surface area contributed by atoms with Gasteiger partial charge in [-0.25, -0.2) is 0 Å². The van der Waals surface area contributed by atoms with E-state index in [1.54, 1.807) is 32.1 Å². The van der Waals surface area contributed by atoms with Crippen molar-refractivity contribution in [1.29, 1.82) is 0 Å². The number of halogens is 3. The largest absolute Gasteiger partial charge is 0.523 e. The SMILES string of the molecule is CC[C@@H](C)[C@H]1O[C@]2(C=C[C@@H]1C)C[C@@H]1C[C@@H](C/C=C(\C)[C@@H](O[C@H]3C[C@H](OC)[C@@H](O[C@H]4C[C@H](OC)[C@@H](OS(=O)(=O)C(F)(F)F)[C@H](C)O4)[C@H](C)O3)C(C)/C=C/C=C3\CO[C@@H]4[C@H](O)C(C)=C[C@@H](C(=O)O1)[C@]34O)O2. The van der Waals surface area contributed by atoms with E-state index in [4.69, 9.17) is 47.4 Å². The number of aliphatic hydroxyl groups excluding tert-OH is 1. The number of aliphatic hydroxyl groups is 2. The molecule has 1 unspecified atom stereocenters. The second kappa shape index (κ2) is 21.5. The number of carbonyl (C=O) groups excluding carboxylic acids is 1. The number of alkyl halides is 3. The summed E-state index contributed by atoms with van der Waals surface area (Å²) in [5.74, 6) is -2.95. The van der Waals surface area contributed by atoms with Crippen molar-refractivity contribution in [3.8, 4) is 0 Å². The van der Waals surface area contributed by atoms with Crippen molar-refractivity contribution in [3.63, 3.8) is 0 Å². The number of methoxy groups -OCH3 is 2. The highest BCUT2D eigenvalue weighted by Crippen LogP contribution is 2.47. The van der Waals surface area contributed by atoms with Gasteiger partial charge < -0.3 is 57.6 Å². The van der Waals surface area contributed by atoms with E-state index in [9.17, 15) is 36.6 Å². The van der Waals surface area contributed by atoms with E-state index in [1.165, 1.54) is 21.1 Å². The highest BCUT2D eigenvalue weighted by Gasteiger charge is 2.60. The van der Waals surface area contributed by atoms with Crippen LogP contribution in [0.5, 0.6) is 0 Å². The number of rotatable bonds is 10. The fourth-order valence-electron chi connectivity index (χ4n) is 10.9. The molecule has 20 heteroatoms. The molecule has 390 valence electrons. The van der Waals surface area contributed by atoms with Crippen LogP contribution in [0.1, 0.15) is 93.9 Å². The Balaban J connectivity index is 1.14. The molecule has 0 saturated carbocycles. The van der Waals surface area contributed by atoms with Crippen LogP contribution in [0.4, 0.5) is 13.2 Å². The molecule has 6 aliphatic heterocycles. The Bertz CT molecular complexity index is 2090. The number of allylic oxidation sites excluding steroid dienone is 2. The monoisotopic (exact) mass is 1000 g/mol. The highest BCUT2D eigenvalue weighted by molar-refractivity contribution is 7.87. The summed E-state index contributed by atoms with van der Waals surface area (Å²) in [6.45, 7) is 15.1. The molecule has 1 aliphatic carbocycles. The molecule has 2 bridgehead atoms. The maximum Gasteiger partial charge on any atom is 0.523 e. The van der Waals surface area contributed by atoms with Crippen LogP contribution in [0.25, 0.3) is 0 Å². The minimum atomic E-state index is -5.94. The third-order valence-corrected chi connectivity index (χ3v) is 16.0. The fraction of sp³-hybridized carbons (Fsp3) is 0.776. The first kappa shape index (κ1) is 54.2. The first-order chi connectivity index (χ1) is 32.4. The van der Waals surface area contributed by atoms with Gasteiger partial charge in [-0.3, -0.25) is 8.98 Å². The summed E-state index contributed by atoms with van der Waals surface area (Å²) in [6.07, 6.45) is 3.14. The van der Waals surface area contributed by atoms with Crippen LogP contribution in [0.3, 0.4) is 0 Å². The number of carbonyl (C=O) groups is 1. The fourth-order valence-corrected chi connectivity index (χ4v) is 11.6. The Hall–Kier alpha value is -2.57. The van der Waals surface area contributed by atoms with E-state index in [1.807, 2.05) is 26.0 Å². The van der Waals surface area contributed by atoms with Crippen LogP contribution in [-0.4, -0.2) is 148 Å². The molecule has 0 radical (unpaired) electrons. The van der Waals surface area contributed by atoms with E-state index >= 15 is 0 Å². The molecular weight excluding hydrogens is 934 g/mol. The van der Waals surface area contributed by atoms with Crippen molar-refractivity contribution in [1.82, 2.24) is 0 Å². The molecule has 1 spiro atoms. The summed E-state index contributed by atoms with van der Waals surface area (Å²) in [7, 11) is -3.19. The van der Waals surface area contributed by atoms with Crippen LogP contribution in [0, 0.1) is 23.7 Å². The first-order valence-corrected chi connectivity index (χ1v) is 25.5. The van der Waals surface area contributed by atoms with Crippen molar-refractivity contribution >= 4 is 16.1 Å². The van der Waals surface area contributed by atoms with Gasteiger partial charge in [0, 0.05) is 51.7 Å². The lowest BCUT2D eigenvalue weighted by Gasteiger charge is -2.48. The normalized spacial score (nSPS) is 45.9. The molecule has 7 rings (SSSR count). The minimum Gasteiger partial charge on any atom is -0.462 e. The van der Waals surface area contributed by atoms with Gasteiger partial charge >= 0.3 is 21.6 Å². The Morgan fingerprint density at radius 3 is 2.20 bits per heavy atom. The molecular formula is C49H71F3O16S. The zero-order chi connectivity index (χ0) is 50.4. The summed E-state index contributed by atoms with van der Waals surface area (Å²) >= 11 is 0. The van der Waals surface area contributed by atoms with Gasteiger partial charge in [-0.15, -0.1) is 0 Å². The van der Waals surface area contributed by atoms with Gasteiger partial charge in [-0.2, -0.15) is 21.6 Å². The number of hydrogen-bond acceptors (Lipinski definition) is 16. The van der Waals surface area contributed by atoms with Crippen molar-refractivity contribution < 1.29 is 88.1 Å². The molecule has 0 amide bonds. The Labute approximate surface area is 403 Å². The van der Waals surface area contributed by atoms with Crippen LogP contribution < -0.4 is 0 Å². The van der Waals surface area contributed by atoms with Crippen LogP contribution in [-0.2, 0) is 66.5 Å². The molecule has 0 aromatic carbocycles. The Morgan fingerprint density at radius 1 is 0.899 bits per heavy atom. The van der Waals surface area contributed by atoms with Crippen LogP contribution in [0.2, 0.25) is 0 Å². The van der Waals surface area contributed by atoms with E-state index in [2.05, 4.69) is 37.1 Å².